The maximum Gasteiger partial charge on any atom is 0.472 e. The lowest BCUT2D eigenvalue weighted by Crippen LogP contribution is -2.64. The molecule has 392 valence electrons. The van der Waals surface area contributed by atoms with Crippen LogP contribution in [0.5, 0.6) is 0 Å². The summed E-state index contributed by atoms with van der Waals surface area (Å²) in [5.74, 6) is -1.25. The highest BCUT2D eigenvalue weighted by Crippen LogP contribution is 2.49. The van der Waals surface area contributed by atoms with Gasteiger partial charge in [-0.05, 0) is 77.0 Å². The minimum absolute atomic E-state index is 0.0189. The van der Waals surface area contributed by atoms with Crippen molar-refractivity contribution >= 4 is 27.6 Å². The van der Waals surface area contributed by atoms with Crippen molar-refractivity contribution in [2.24, 2.45) is 0 Å². The van der Waals surface area contributed by atoms with Gasteiger partial charge >= 0.3 is 27.6 Å². The molecule has 7 unspecified atom stereocenters. The second-order valence-electron chi connectivity index (χ2n) is 17.5. The standard InChI is InChI=1S/C49H84O17P2/c1-3-5-7-9-11-12-13-14-15-16-17-18-19-20-21-22-23-27-32-36-43(51)63-39(38-62-68(59,60)66-49-46(54)44(52)45(53)48(47(49)55)65-67(56,57)58)37-61-42(50)35-31-28-24-26-30-34-41-40(64-41)33-29-25-10-8-6-4-2/h5,7,11-12,14-15,17-18,25,29,39-41,44-49,52-55H,3-4,6,8-10,13,16,19-24,26-28,30-38H2,1-2H3,(H,59,60)(H2,56,57,58)/b7-5-,12-11-,15-14-,18-17-,29-25-/t39-,40?,41?,44?,45?,46?,47?,48-,49+/m1/s1. The Morgan fingerprint density at radius 3 is 1.68 bits per heavy atom. The van der Waals surface area contributed by atoms with Crippen molar-refractivity contribution in [3.63, 3.8) is 0 Å². The van der Waals surface area contributed by atoms with E-state index < -0.39 is 83.5 Å². The number of epoxide rings is 1. The predicted octanol–water partition coefficient (Wildman–Crippen LogP) is 8.83. The maximum absolute atomic E-state index is 13.0. The summed E-state index contributed by atoms with van der Waals surface area (Å²) in [7, 11) is -10.7. The fourth-order valence-corrected chi connectivity index (χ4v) is 9.09. The lowest BCUT2D eigenvalue weighted by Gasteiger charge is -2.43. The number of allylic oxidation sites excluding steroid dienone is 9. The number of aliphatic hydroxyl groups excluding tert-OH is 4. The number of hydrogen-bond acceptors (Lipinski definition) is 14. The molecule has 1 saturated carbocycles. The molecule has 7 N–H and O–H groups in total. The molecule has 68 heavy (non-hydrogen) atoms. The van der Waals surface area contributed by atoms with Gasteiger partial charge in [0.05, 0.1) is 18.8 Å². The van der Waals surface area contributed by atoms with E-state index >= 15 is 0 Å². The molecule has 17 nitrogen and oxygen atoms in total. The zero-order chi connectivity index (χ0) is 50.0. The number of hydrogen-bond donors (Lipinski definition) is 7. The third-order valence-corrected chi connectivity index (χ3v) is 13.0. The van der Waals surface area contributed by atoms with Crippen molar-refractivity contribution in [3.8, 4) is 0 Å². The van der Waals surface area contributed by atoms with Crippen LogP contribution in [0.3, 0.4) is 0 Å². The number of aliphatic hydroxyl groups is 4. The van der Waals surface area contributed by atoms with Crippen LogP contribution in [0.15, 0.2) is 60.8 Å². The first-order chi connectivity index (χ1) is 32.6. The van der Waals surface area contributed by atoms with Crippen molar-refractivity contribution in [2.75, 3.05) is 13.2 Å². The van der Waals surface area contributed by atoms with Crippen molar-refractivity contribution in [2.45, 2.75) is 223 Å². The summed E-state index contributed by atoms with van der Waals surface area (Å²) in [5, 5.41) is 41.3. The first-order valence-electron chi connectivity index (χ1n) is 25.0. The van der Waals surface area contributed by atoms with Crippen LogP contribution in [0.1, 0.15) is 168 Å². The van der Waals surface area contributed by atoms with Crippen LogP contribution in [0.4, 0.5) is 0 Å². The summed E-state index contributed by atoms with van der Waals surface area (Å²) in [4.78, 5) is 54.4. The van der Waals surface area contributed by atoms with Gasteiger partial charge in [0.2, 0.25) is 0 Å². The van der Waals surface area contributed by atoms with Gasteiger partial charge in [0.15, 0.2) is 6.10 Å². The van der Waals surface area contributed by atoms with Gasteiger partial charge in [0.1, 0.15) is 43.2 Å². The van der Waals surface area contributed by atoms with Gasteiger partial charge in [-0.15, -0.1) is 0 Å². The molecule has 0 radical (unpaired) electrons. The van der Waals surface area contributed by atoms with Crippen LogP contribution in [0, 0.1) is 0 Å². The van der Waals surface area contributed by atoms with Gasteiger partial charge in [0.25, 0.3) is 0 Å². The van der Waals surface area contributed by atoms with E-state index in [1.54, 1.807) is 0 Å². The molecule has 0 aromatic carbocycles. The van der Waals surface area contributed by atoms with Gasteiger partial charge in [-0.3, -0.25) is 23.2 Å². The molecule has 1 saturated heterocycles. The zero-order valence-electron chi connectivity index (χ0n) is 40.5. The topological polar surface area (TPSA) is 269 Å². The first kappa shape index (κ1) is 61.8. The highest BCUT2D eigenvalue weighted by molar-refractivity contribution is 7.47. The van der Waals surface area contributed by atoms with Gasteiger partial charge in [-0.1, -0.05) is 139 Å². The molecule has 0 amide bonds. The van der Waals surface area contributed by atoms with Crippen LogP contribution >= 0.6 is 15.6 Å². The van der Waals surface area contributed by atoms with Gasteiger partial charge in [-0.25, -0.2) is 9.13 Å². The lowest BCUT2D eigenvalue weighted by molar-refractivity contribution is -0.216. The Morgan fingerprint density at radius 2 is 1.07 bits per heavy atom. The Bertz CT molecular complexity index is 1610. The molecule has 2 fully saturated rings. The summed E-state index contributed by atoms with van der Waals surface area (Å²) in [6, 6.07) is 0. The second-order valence-corrected chi connectivity index (χ2v) is 20.1. The molecule has 19 heteroatoms. The van der Waals surface area contributed by atoms with Crippen LogP contribution in [0.25, 0.3) is 0 Å². The number of phosphoric ester groups is 2. The third kappa shape index (κ3) is 29.8. The molecule has 1 aliphatic heterocycles. The van der Waals surface area contributed by atoms with E-state index in [1.807, 2.05) is 0 Å². The monoisotopic (exact) mass is 1010 g/mol. The van der Waals surface area contributed by atoms with Crippen molar-refractivity contribution < 1.29 is 81.6 Å². The van der Waals surface area contributed by atoms with Gasteiger partial charge in [-0.2, -0.15) is 0 Å². The first-order valence-corrected chi connectivity index (χ1v) is 28.0. The lowest BCUT2D eigenvalue weighted by atomic mass is 9.85. The SMILES string of the molecule is CC/C=C\C/C=C\C/C=C\C/C=C\CCCCCCCCC(=O)O[C@H](COC(=O)CCCCCCCC1OC1C/C=C\CCCCC)COP(=O)(O)O[C@H]1C(O)C(O)C(O)[C@@H](OP(=O)(O)O)C1O. The molecule has 0 aromatic heterocycles. The van der Waals surface area contributed by atoms with E-state index in [1.165, 1.54) is 19.3 Å². The van der Waals surface area contributed by atoms with E-state index in [0.717, 1.165) is 109 Å². The molecule has 2 rings (SSSR count). The van der Waals surface area contributed by atoms with Gasteiger partial charge < -0.3 is 49.3 Å². The Kier molecular flexibility index (Phi) is 33.2. The molecular formula is C49H84O17P2. The Balaban J connectivity index is 1.78. The molecule has 2 aliphatic rings. The van der Waals surface area contributed by atoms with Gasteiger partial charge in [0, 0.05) is 12.8 Å². The van der Waals surface area contributed by atoms with Crippen molar-refractivity contribution in [3.05, 3.63) is 60.8 Å². The molecule has 1 aliphatic carbocycles. The van der Waals surface area contributed by atoms with Crippen LogP contribution in [-0.4, -0.2) is 115 Å². The normalized spacial score (nSPS) is 24.7. The maximum atomic E-state index is 13.0. The molecule has 0 bridgehead atoms. The van der Waals surface area contributed by atoms with E-state index in [9.17, 15) is 53.8 Å². The largest absolute Gasteiger partial charge is 0.472 e. The quantitative estimate of drug-likeness (QED) is 0.00993. The fourth-order valence-electron chi connectivity index (χ4n) is 7.55. The van der Waals surface area contributed by atoms with E-state index in [2.05, 4.69) is 79.1 Å². The molecule has 1 heterocycles. The number of rotatable bonds is 40. The number of unbranched alkanes of at least 4 members (excludes halogenated alkanes) is 13. The highest BCUT2D eigenvalue weighted by Gasteiger charge is 2.54. The Hall–Kier alpha value is -2.34. The number of esters is 2. The number of carbonyl (C=O) groups is 2. The summed E-state index contributed by atoms with van der Waals surface area (Å²) >= 11 is 0. The third-order valence-electron chi connectivity index (χ3n) is 11.5. The molecule has 0 spiro atoms. The summed E-state index contributed by atoms with van der Waals surface area (Å²) in [6.45, 7) is 2.94. The fraction of sp³-hybridized carbons (Fsp3) is 0.755. The van der Waals surface area contributed by atoms with Crippen molar-refractivity contribution in [1.29, 1.82) is 0 Å². The summed E-state index contributed by atoms with van der Waals surface area (Å²) < 4.78 is 55.3. The van der Waals surface area contributed by atoms with Crippen LogP contribution in [0.2, 0.25) is 0 Å². The summed E-state index contributed by atoms with van der Waals surface area (Å²) in [5.41, 5.74) is 0. The Labute approximate surface area is 404 Å². The average Bonchev–Trinajstić information content (AvgIpc) is 4.05. The smallest absolute Gasteiger partial charge is 0.462 e. The van der Waals surface area contributed by atoms with Crippen molar-refractivity contribution in [1.82, 2.24) is 0 Å². The Morgan fingerprint density at radius 1 is 0.559 bits per heavy atom. The number of ether oxygens (including phenoxy) is 3. The van der Waals surface area contributed by atoms with E-state index in [4.69, 9.17) is 23.3 Å². The molecular weight excluding hydrogens is 922 g/mol. The summed E-state index contributed by atoms with van der Waals surface area (Å²) in [6.07, 6.45) is 29.0. The minimum Gasteiger partial charge on any atom is -0.462 e. The number of carbonyl (C=O) groups excluding carboxylic acids is 2. The highest BCUT2D eigenvalue weighted by atomic mass is 31.2. The van der Waals surface area contributed by atoms with E-state index in [-0.39, 0.29) is 12.8 Å². The predicted molar refractivity (Wildman–Crippen MR) is 259 cm³/mol. The molecule has 0 aromatic rings. The van der Waals surface area contributed by atoms with E-state index in [0.29, 0.717) is 25.0 Å². The second kappa shape index (κ2) is 36.6. The number of phosphoric acid groups is 2. The minimum atomic E-state index is -5.37. The zero-order valence-corrected chi connectivity index (χ0v) is 42.3. The average molecular weight is 1010 g/mol. The van der Waals surface area contributed by atoms with Crippen LogP contribution < -0.4 is 0 Å². The molecule has 10 atom stereocenters. The van der Waals surface area contributed by atoms with Crippen LogP contribution in [-0.2, 0) is 46.5 Å².